The summed E-state index contributed by atoms with van der Waals surface area (Å²) < 4.78 is 26.8. The first-order valence-corrected chi connectivity index (χ1v) is 7.91. The van der Waals surface area contributed by atoms with Crippen LogP contribution in [0.25, 0.3) is 0 Å². The lowest BCUT2D eigenvalue weighted by molar-refractivity contribution is 0.335. The number of fused-ring (bicyclic) bond motifs is 1. The van der Waals surface area contributed by atoms with Crippen LogP contribution >= 0.6 is 0 Å². The molecule has 3 atom stereocenters. The Morgan fingerprint density at radius 1 is 1.30 bits per heavy atom. The Kier molecular flexibility index (Phi) is 3.07. The number of nitrogens with zero attached hydrogens (tertiary/aromatic N) is 1. The topological polar surface area (TPSA) is 115 Å². The predicted molar refractivity (Wildman–Crippen MR) is 70.9 cm³/mol. The summed E-state index contributed by atoms with van der Waals surface area (Å²) in [5, 5.41) is 3.17. The first kappa shape index (κ1) is 13.5. The third kappa shape index (κ3) is 1.93. The molecule has 2 aliphatic heterocycles. The van der Waals surface area contributed by atoms with Crippen LogP contribution in [0, 0.1) is 5.92 Å². The third-order valence-electron chi connectivity index (χ3n) is 4.05. The van der Waals surface area contributed by atoms with E-state index in [0.29, 0.717) is 6.54 Å². The zero-order chi connectivity index (χ0) is 14.5. The minimum atomic E-state index is -3.91. The second-order valence-corrected chi connectivity index (χ2v) is 7.15. The SMILES string of the molecule is CC1CC2CNCC2N1S(=O)(=O)c1c[nH]c(=O)[nH]c1=O. The Labute approximate surface area is 115 Å². The van der Waals surface area contributed by atoms with E-state index < -0.39 is 26.2 Å². The number of aromatic nitrogens is 2. The van der Waals surface area contributed by atoms with Gasteiger partial charge in [-0.05, 0) is 25.8 Å². The highest BCUT2D eigenvalue weighted by Gasteiger charge is 2.48. The molecule has 0 aliphatic carbocycles. The fraction of sp³-hybridized carbons (Fsp3) is 0.636. The normalized spacial score (nSPS) is 30.6. The van der Waals surface area contributed by atoms with Gasteiger partial charge in [0.2, 0.25) is 0 Å². The molecule has 0 aromatic carbocycles. The smallest absolute Gasteiger partial charge is 0.315 e. The standard InChI is InChI=1S/C11H16N4O4S/c1-6-2-7-3-12-4-8(7)15(6)20(18,19)9-5-13-11(17)14-10(9)16/h5-8,12H,2-4H2,1H3,(H2,13,14,16,17). The van der Waals surface area contributed by atoms with Crippen molar-refractivity contribution in [3.63, 3.8) is 0 Å². The van der Waals surface area contributed by atoms with Gasteiger partial charge >= 0.3 is 5.69 Å². The molecule has 0 bridgehead atoms. The van der Waals surface area contributed by atoms with Crippen LogP contribution in [-0.2, 0) is 10.0 Å². The number of hydrogen-bond donors (Lipinski definition) is 3. The van der Waals surface area contributed by atoms with E-state index in [0.717, 1.165) is 19.2 Å². The molecule has 3 heterocycles. The van der Waals surface area contributed by atoms with Gasteiger partial charge in [0.1, 0.15) is 0 Å². The van der Waals surface area contributed by atoms with Crippen molar-refractivity contribution in [3.05, 3.63) is 27.0 Å². The fourth-order valence-corrected chi connectivity index (χ4v) is 5.13. The summed E-state index contributed by atoms with van der Waals surface area (Å²) in [6, 6.07) is -0.273. The lowest BCUT2D eigenvalue weighted by Crippen LogP contribution is -2.44. The predicted octanol–water partition coefficient (Wildman–Crippen LogP) is -1.57. The van der Waals surface area contributed by atoms with Crippen LogP contribution in [0.1, 0.15) is 13.3 Å². The molecular weight excluding hydrogens is 284 g/mol. The van der Waals surface area contributed by atoms with Gasteiger partial charge in [-0.25, -0.2) is 13.2 Å². The zero-order valence-electron chi connectivity index (χ0n) is 10.9. The zero-order valence-corrected chi connectivity index (χ0v) is 11.7. The van der Waals surface area contributed by atoms with Crippen LogP contribution in [0.5, 0.6) is 0 Å². The van der Waals surface area contributed by atoms with Crippen LogP contribution in [0.3, 0.4) is 0 Å². The Bertz CT molecular complexity index is 737. The molecule has 3 N–H and O–H groups in total. The Morgan fingerprint density at radius 3 is 2.75 bits per heavy atom. The third-order valence-corrected chi connectivity index (χ3v) is 6.09. The van der Waals surface area contributed by atoms with Gasteiger partial charge in [-0.1, -0.05) is 0 Å². The van der Waals surface area contributed by atoms with Crippen molar-refractivity contribution in [2.75, 3.05) is 13.1 Å². The monoisotopic (exact) mass is 300 g/mol. The molecule has 2 saturated heterocycles. The number of H-pyrrole nitrogens is 2. The van der Waals surface area contributed by atoms with Crippen molar-refractivity contribution in [2.24, 2.45) is 5.92 Å². The summed E-state index contributed by atoms with van der Waals surface area (Å²) in [6.07, 6.45) is 1.75. The molecule has 3 rings (SSSR count). The van der Waals surface area contributed by atoms with Gasteiger partial charge in [0.05, 0.1) is 0 Å². The van der Waals surface area contributed by atoms with Gasteiger partial charge in [-0.15, -0.1) is 0 Å². The maximum atomic E-state index is 12.7. The van der Waals surface area contributed by atoms with Crippen molar-refractivity contribution in [1.29, 1.82) is 0 Å². The molecule has 2 aliphatic rings. The fourth-order valence-electron chi connectivity index (χ4n) is 3.24. The summed E-state index contributed by atoms with van der Waals surface area (Å²) >= 11 is 0. The van der Waals surface area contributed by atoms with E-state index in [4.69, 9.17) is 0 Å². The second-order valence-electron chi connectivity index (χ2n) is 5.34. The van der Waals surface area contributed by atoms with E-state index in [9.17, 15) is 18.0 Å². The highest BCUT2D eigenvalue weighted by Crippen LogP contribution is 2.35. The molecule has 0 saturated carbocycles. The molecule has 0 spiro atoms. The van der Waals surface area contributed by atoms with E-state index in [1.165, 1.54) is 4.31 Å². The summed E-state index contributed by atoms with van der Waals surface area (Å²) in [4.78, 5) is 26.5. The molecule has 0 amide bonds. The molecule has 3 unspecified atom stereocenters. The first-order valence-electron chi connectivity index (χ1n) is 6.47. The quantitative estimate of drug-likeness (QED) is 0.610. The first-order chi connectivity index (χ1) is 9.41. The minimum absolute atomic E-state index is 0.124. The second kappa shape index (κ2) is 4.54. The van der Waals surface area contributed by atoms with Crippen LogP contribution in [-0.4, -0.2) is 47.9 Å². The van der Waals surface area contributed by atoms with Gasteiger partial charge in [-0.2, -0.15) is 4.31 Å². The van der Waals surface area contributed by atoms with E-state index in [1.807, 2.05) is 11.9 Å². The van der Waals surface area contributed by atoms with E-state index >= 15 is 0 Å². The summed E-state index contributed by atoms with van der Waals surface area (Å²) in [5.41, 5.74) is -1.60. The maximum Gasteiger partial charge on any atom is 0.325 e. The summed E-state index contributed by atoms with van der Waals surface area (Å²) in [6.45, 7) is 3.23. The highest BCUT2D eigenvalue weighted by atomic mass is 32.2. The van der Waals surface area contributed by atoms with Gasteiger partial charge in [-0.3, -0.25) is 9.78 Å². The number of nitrogens with one attached hydrogen (secondary N) is 3. The van der Waals surface area contributed by atoms with Crippen molar-refractivity contribution in [2.45, 2.75) is 30.3 Å². The molecule has 110 valence electrons. The molecule has 8 nitrogen and oxygen atoms in total. The number of sulfonamides is 1. The van der Waals surface area contributed by atoms with Crippen molar-refractivity contribution >= 4 is 10.0 Å². The van der Waals surface area contributed by atoms with Gasteiger partial charge in [0.15, 0.2) is 4.90 Å². The number of rotatable bonds is 2. The largest absolute Gasteiger partial charge is 0.325 e. The van der Waals surface area contributed by atoms with E-state index in [1.54, 1.807) is 0 Å². The van der Waals surface area contributed by atoms with Crippen LogP contribution in [0.4, 0.5) is 0 Å². The molecule has 9 heteroatoms. The van der Waals surface area contributed by atoms with E-state index in [2.05, 4.69) is 10.3 Å². The lowest BCUT2D eigenvalue weighted by atomic mass is 10.0. The highest BCUT2D eigenvalue weighted by molar-refractivity contribution is 7.89. The van der Waals surface area contributed by atoms with Crippen LogP contribution < -0.4 is 16.6 Å². The van der Waals surface area contributed by atoms with Crippen LogP contribution in [0.2, 0.25) is 0 Å². The Hall–Kier alpha value is -1.45. The average Bonchev–Trinajstić information content (AvgIpc) is 2.87. The van der Waals surface area contributed by atoms with Crippen LogP contribution in [0.15, 0.2) is 20.7 Å². The van der Waals surface area contributed by atoms with E-state index in [-0.39, 0.29) is 18.0 Å². The van der Waals surface area contributed by atoms with Gasteiger partial charge in [0.25, 0.3) is 15.6 Å². The average molecular weight is 300 g/mol. The van der Waals surface area contributed by atoms with Crippen molar-refractivity contribution < 1.29 is 8.42 Å². The summed E-state index contributed by atoms with van der Waals surface area (Å²) in [5.74, 6) is 0.279. The molecule has 1 aromatic rings. The van der Waals surface area contributed by atoms with Gasteiger partial charge in [0, 0.05) is 24.8 Å². The Morgan fingerprint density at radius 2 is 2.05 bits per heavy atom. The molecule has 2 fully saturated rings. The lowest BCUT2D eigenvalue weighted by Gasteiger charge is -2.26. The molecule has 0 radical (unpaired) electrons. The maximum absolute atomic E-state index is 12.7. The van der Waals surface area contributed by atoms with Crippen molar-refractivity contribution in [3.8, 4) is 0 Å². The van der Waals surface area contributed by atoms with Gasteiger partial charge < -0.3 is 10.3 Å². The summed E-state index contributed by atoms with van der Waals surface area (Å²) in [7, 11) is -3.91. The molecular formula is C11H16N4O4S. The number of hydrogen-bond acceptors (Lipinski definition) is 5. The number of aromatic amines is 2. The minimum Gasteiger partial charge on any atom is -0.315 e. The molecule has 20 heavy (non-hydrogen) atoms. The van der Waals surface area contributed by atoms with Crippen molar-refractivity contribution in [1.82, 2.24) is 19.6 Å². The molecule has 1 aromatic heterocycles. The Balaban J connectivity index is 2.07.